The summed E-state index contributed by atoms with van der Waals surface area (Å²) in [6.07, 6.45) is 0. The number of para-hydroxylation sites is 1. The van der Waals surface area contributed by atoms with E-state index >= 15 is 0 Å². The average Bonchev–Trinajstić information content (AvgIpc) is 2.62. The number of nitrogens with one attached hydrogen (secondary N) is 1. The molecule has 5 heteroatoms. The van der Waals surface area contributed by atoms with E-state index in [1.165, 1.54) is 12.1 Å². The lowest BCUT2D eigenvalue weighted by molar-refractivity contribution is 0.416. The van der Waals surface area contributed by atoms with Gasteiger partial charge in [0.25, 0.3) is 0 Å². The zero-order valence-electron chi connectivity index (χ0n) is 12.7. The van der Waals surface area contributed by atoms with Gasteiger partial charge in [0.15, 0.2) is 0 Å². The molecule has 1 heterocycles. The standard InChI is InChI=1S/C18H16FN3O/c1-23-17-5-3-2-4-15(17)16-10-11-18(22-21-16)20-12-13-6-8-14(19)9-7-13/h2-11H,12H2,1H3,(H,20,22). The molecule has 23 heavy (non-hydrogen) atoms. The molecule has 0 saturated heterocycles. The summed E-state index contributed by atoms with van der Waals surface area (Å²) in [6.45, 7) is 0.558. The Morgan fingerprint density at radius 3 is 2.43 bits per heavy atom. The van der Waals surface area contributed by atoms with Crippen molar-refractivity contribution in [3.05, 3.63) is 72.0 Å². The van der Waals surface area contributed by atoms with Crippen molar-refractivity contribution in [1.29, 1.82) is 0 Å². The monoisotopic (exact) mass is 309 g/mol. The van der Waals surface area contributed by atoms with E-state index in [1.807, 2.05) is 36.4 Å². The number of halogens is 1. The molecule has 0 radical (unpaired) electrons. The molecule has 0 saturated carbocycles. The van der Waals surface area contributed by atoms with Crippen LogP contribution in [0.15, 0.2) is 60.7 Å². The molecule has 0 aliphatic rings. The zero-order valence-corrected chi connectivity index (χ0v) is 12.7. The summed E-state index contributed by atoms with van der Waals surface area (Å²) in [5.41, 5.74) is 2.62. The Balaban J connectivity index is 1.71. The maximum atomic E-state index is 12.9. The van der Waals surface area contributed by atoms with Crippen molar-refractivity contribution >= 4 is 5.82 Å². The van der Waals surface area contributed by atoms with E-state index in [-0.39, 0.29) is 5.82 Å². The van der Waals surface area contributed by atoms with Crippen LogP contribution in [0.3, 0.4) is 0 Å². The Morgan fingerprint density at radius 1 is 0.957 bits per heavy atom. The van der Waals surface area contributed by atoms with Gasteiger partial charge in [-0.2, -0.15) is 0 Å². The van der Waals surface area contributed by atoms with Crippen LogP contribution in [0.5, 0.6) is 5.75 Å². The summed E-state index contributed by atoms with van der Waals surface area (Å²) < 4.78 is 18.2. The van der Waals surface area contributed by atoms with Gasteiger partial charge in [-0.1, -0.05) is 24.3 Å². The molecule has 1 N–H and O–H groups in total. The predicted octanol–water partition coefficient (Wildman–Crippen LogP) is 3.90. The van der Waals surface area contributed by atoms with Gasteiger partial charge < -0.3 is 10.1 Å². The van der Waals surface area contributed by atoms with Crippen molar-refractivity contribution in [3.8, 4) is 17.0 Å². The first-order valence-corrected chi connectivity index (χ1v) is 7.22. The van der Waals surface area contributed by atoms with Gasteiger partial charge in [-0.05, 0) is 42.0 Å². The summed E-state index contributed by atoms with van der Waals surface area (Å²) >= 11 is 0. The first-order valence-electron chi connectivity index (χ1n) is 7.22. The first kappa shape index (κ1) is 15.0. The van der Waals surface area contributed by atoms with Crippen molar-refractivity contribution in [2.45, 2.75) is 6.54 Å². The van der Waals surface area contributed by atoms with E-state index in [0.717, 1.165) is 22.6 Å². The third-order valence-electron chi connectivity index (χ3n) is 3.43. The highest BCUT2D eigenvalue weighted by molar-refractivity contribution is 5.67. The molecule has 4 nitrogen and oxygen atoms in total. The summed E-state index contributed by atoms with van der Waals surface area (Å²) in [6, 6.07) is 17.8. The highest BCUT2D eigenvalue weighted by Gasteiger charge is 2.07. The molecule has 0 aliphatic heterocycles. The Labute approximate surface area is 134 Å². The van der Waals surface area contributed by atoms with E-state index < -0.39 is 0 Å². The SMILES string of the molecule is COc1ccccc1-c1ccc(NCc2ccc(F)cc2)nn1. The normalized spacial score (nSPS) is 10.3. The molecular weight excluding hydrogens is 293 g/mol. The number of rotatable bonds is 5. The summed E-state index contributed by atoms with van der Waals surface area (Å²) in [4.78, 5) is 0. The number of methoxy groups -OCH3 is 1. The van der Waals surface area contributed by atoms with Gasteiger partial charge in [0, 0.05) is 12.1 Å². The Bertz CT molecular complexity index is 773. The molecule has 0 aliphatic carbocycles. The van der Waals surface area contributed by atoms with Crippen LogP contribution in [0, 0.1) is 5.82 Å². The quantitative estimate of drug-likeness (QED) is 0.776. The van der Waals surface area contributed by atoms with Crippen LogP contribution in [0.25, 0.3) is 11.3 Å². The average molecular weight is 309 g/mol. The summed E-state index contributed by atoms with van der Waals surface area (Å²) in [7, 11) is 1.63. The number of hydrogen-bond acceptors (Lipinski definition) is 4. The molecule has 0 spiro atoms. The van der Waals surface area contributed by atoms with Gasteiger partial charge in [-0.15, -0.1) is 10.2 Å². The number of nitrogens with zero attached hydrogens (tertiary/aromatic N) is 2. The topological polar surface area (TPSA) is 47.0 Å². The van der Waals surface area contributed by atoms with Crippen molar-refractivity contribution < 1.29 is 9.13 Å². The lowest BCUT2D eigenvalue weighted by Gasteiger charge is -2.08. The molecule has 0 unspecified atom stereocenters. The maximum Gasteiger partial charge on any atom is 0.148 e. The molecule has 3 aromatic rings. The fraction of sp³-hybridized carbons (Fsp3) is 0.111. The van der Waals surface area contributed by atoms with Crippen molar-refractivity contribution in [2.75, 3.05) is 12.4 Å². The van der Waals surface area contributed by atoms with Crippen molar-refractivity contribution in [2.24, 2.45) is 0 Å². The number of hydrogen-bond donors (Lipinski definition) is 1. The van der Waals surface area contributed by atoms with Crippen molar-refractivity contribution in [1.82, 2.24) is 10.2 Å². The molecule has 0 atom stereocenters. The fourth-order valence-corrected chi connectivity index (χ4v) is 2.22. The van der Waals surface area contributed by atoms with Crippen LogP contribution >= 0.6 is 0 Å². The van der Waals surface area contributed by atoms with E-state index in [1.54, 1.807) is 19.2 Å². The van der Waals surface area contributed by atoms with Crippen LogP contribution < -0.4 is 10.1 Å². The minimum atomic E-state index is -0.241. The van der Waals surface area contributed by atoms with Gasteiger partial charge in [-0.3, -0.25) is 0 Å². The molecule has 3 rings (SSSR count). The van der Waals surface area contributed by atoms with E-state index in [4.69, 9.17) is 4.74 Å². The second kappa shape index (κ2) is 6.87. The third kappa shape index (κ3) is 3.63. The highest BCUT2D eigenvalue weighted by Crippen LogP contribution is 2.27. The molecule has 0 fully saturated rings. The van der Waals surface area contributed by atoms with Crippen molar-refractivity contribution in [3.63, 3.8) is 0 Å². The Kier molecular flexibility index (Phi) is 4.47. The van der Waals surface area contributed by atoms with Crippen LogP contribution in [0.4, 0.5) is 10.2 Å². The van der Waals surface area contributed by atoms with Crippen LogP contribution in [-0.4, -0.2) is 17.3 Å². The largest absolute Gasteiger partial charge is 0.496 e. The molecule has 0 bridgehead atoms. The zero-order chi connectivity index (χ0) is 16.1. The second-order valence-corrected chi connectivity index (χ2v) is 4.98. The maximum absolute atomic E-state index is 12.9. The lowest BCUT2D eigenvalue weighted by Crippen LogP contribution is -2.02. The van der Waals surface area contributed by atoms with Gasteiger partial charge >= 0.3 is 0 Å². The number of aromatic nitrogens is 2. The summed E-state index contributed by atoms with van der Waals surface area (Å²) in [5, 5.41) is 11.6. The van der Waals surface area contributed by atoms with Crippen LogP contribution in [-0.2, 0) is 6.54 Å². The molecular formula is C18H16FN3O. The number of anilines is 1. The minimum Gasteiger partial charge on any atom is -0.496 e. The molecule has 2 aromatic carbocycles. The minimum absolute atomic E-state index is 0.241. The lowest BCUT2D eigenvalue weighted by atomic mass is 10.1. The number of ether oxygens (including phenoxy) is 1. The van der Waals surface area contributed by atoms with Crippen LogP contribution in [0.1, 0.15) is 5.56 Å². The fourth-order valence-electron chi connectivity index (χ4n) is 2.22. The Morgan fingerprint density at radius 2 is 1.74 bits per heavy atom. The molecule has 0 amide bonds. The number of benzene rings is 2. The smallest absolute Gasteiger partial charge is 0.148 e. The van der Waals surface area contributed by atoms with Gasteiger partial charge in [0.1, 0.15) is 17.4 Å². The predicted molar refractivity (Wildman–Crippen MR) is 87.7 cm³/mol. The van der Waals surface area contributed by atoms with E-state index in [2.05, 4.69) is 15.5 Å². The van der Waals surface area contributed by atoms with E-state index in [0.29, 0.717) is 12.4 Å². The Hall–Kier alpha value is -2.95. The third-order valence-corrected chi connectivity index (χ3v) is 3.43. The second-order valence-electron chi connectivity index (χ2n) is 4.98. The first-order chi connectivity index (χ1) is 11.3. The van der Waals surface area contributed by atoms with Gasteiger partial charge in [-0.25, -0.2) is 4.39 Å². The summed E-state index contributed by atoms with van der Waals surface area (Å²) in [5.74, 6) is 1.18. The van der Waals surface area contributed by atoms with Gasteiger partial charge in [0.2, 0.25) is 0 Å². The van der Waals surface area contributed by atoms with Gasteiger partial charge in [0.05, 0.1) is 12.8 Å². The van der Waals surface area contributed by atoms with E-state index in [9.17, 15) is 4.39 Å². The molecule has 116 valence electrons. The highest BCUT2D eigenvalue weighted by atomic mass is 19.1. The molecule has 1 aromatic heterocycles. The van der Waals surface area contributed by atoms with Crippen LogP contribution in [0.2, 0.25) is 0 Å².